The summed E-state index contributed by atoms with van der Waals surface area (Å²) >= 11 is 0. The van der Waals surface area contributed by atoms with Crippen LogP contribution in [0.1, 0.15) is 45.1 Å². The molecular weight excluding hydrogens is 277 g/mol. The van der Waals surface area contributed by atoms with Gasteiger partial charge in [0.1, 0.15) is 0 Å². The first-order valence-electron chi connectivity index (χ1n) is 7.53. The molecule has 2 rings (SSSR count). The van der Waals surface area contributed by atoms with Gasteiger partial charge in [0, 0.05) is 29.9 Å². The third-order valence-corrected chi connectivity index (χ3v) is 4.32. The molecule has 0 saturated carbocycles. The van der Waals surface area contributed by atoms with Crippen molar-refractivity contribution < 1.29 is 13.2 Å². The predicted octanol–water partition coefficient (Wildman–Crippen LogP) is 4.69. The lowest BCUT2D eigenvalue weighted by molar-refractivity contribution is -0.136. The van der Waals surface area contributed by atoms with Crippen LogP contribution in [0.15, 0.2) is 18.2 Å². The number of hydrogen-bond donors (Lipinski definition) is 1. The SMILES string of the molecule is CCCC1(CCC)CN(c2ccc(N)c(C(F)(F)F)c2)C1. The van der Waals surface area contributed by atoms with E-state index >= 15 is 0 Å². The van der Waals surface area contributed by atoms with Gasteiger partial charge in [-0.1, -0.05) is 26.7 Å². The van der Waals surface area contributed by atoms with Crippen LogP contribution in [0.25, 0.3) is 0 Å². The van der Waals surface area contributed by atoms with Crippen LogP contribution in [0, 0.1) is 5.41 Å². The number of nitrogen functional groups attached to an aromatic ring is 1. The summed E-state index contributed by atoms with van der Waals surface area (Å²) in [5.41, 5.74) is 5.41. The van der Waals surface area contributed by atoms with Crippen molar-refractivity contribution in [3.8, 4) is 0 Å². The minimum atomic E-state index is -4.39. The molecule has 2 N–H and O–H groups in total. The molecule has 1 fully saturated rings. The van der Waals surface area contributed by atoms with Gasteiger partial charge >= 0.3 is 6.18 Å². The summed E-state index contributed by atoms with van der Waals surface area (Å²) in [7, 11) is 0. The van der Waals surface area contributed by atoms with Crippen molar-refractivity contribution in [1.82, 2.24) is 0 Å². The Kier molecular flexibility index (Phi) is 4.40. The molecule has 1 saturated heterocycles. The Hall–Kier alpha value is -1.39. The van der Waals surface area contributed by atoms with Gasteiger partial charge in [-0.3, -0.25) is 0 Å². The van der Waals surface area contributed by atoms with Crippen LogP contribution in [0.3, 0.4) is 0 Å². The van der Waals surface area contributed by atoms with Gasteiger partial charge in [0.25, 0.3) is 0 Å². The van der Waals surface area contributed by atoms with Crippen molar-refractivity contribution in [2.24, 2.45) is 5.41 Å². The molecule has 0 aliphatic carbocycles. The van der Waals surface area contributed by atoms with Crippen molar-refractivity contribution in [2.75, 3.05) is 23.7 Å². The minimum absolute atomic E-state index is 0.208. The molecule has 0 aromatic heterocycles. The normalized spacial score (nSPS) is 17.7. The Morgan fingerprint density at radius 1 is 1.14 bits per heavy atom. The first kappa shape index (κ1) is 16.0. The van der Waals surface area contributed by atoms with E-state index in [4.69, 9.17) is 5.73 Å². The van der Waals surface area contributed by atoms with Gasteiger partial charge in [-0.2, -0.15) is 13.2 Å². The van der Waals surface area contributed by atoms with Crippen LogP contribution < -0.4 is 10.6 Å². The first-order chi connectivity index (χ1) is 9.81. The van der Waals surface area contributed by atoms with Crippen LogP contribution in [0.4, 0.5) is 24.5 Å². The topological polar surface area (TPSA) is 29.3 Å². The summed E-state index contributed by atoms with van der Waals surface area (Å²) in [6.07, 6.45) is 0.110. The number of anilines is 2. The lowest BCUT2D eigenvalue weighted by Crippen LogP contribution is -2.56. The molecule has 1 aromatic rings. The largest absolute Gasteiger partial charge is 0.418 e. The highest BCUT2D eigenvalue weighted by Gasteiger charge is 2.42. The molecule has 0 bridgehead atoms. The lowest BCUT2D eigenvalue weighted by Gasteiger charge is -2.52. The van der Waals surface area contributed by atoms with Crippen molar-refractivity contribution in [3.63, 3.8) is 0 Å². The number of halogens is 3. The number of nitrogens with zero attached hydrogens (tertiary/aromatic N) is 1. The maximum atomic E-state index is 12.9. The van der Waals surface area contributed by atoms with Crippen molar-refractivity contribution in [1.29, 1.82) is 0 Å². The van der Waals surface area contributed by atoms with E-state index in [1.165, 1.54) is 12.1 Å². The quantitative estimate of drug-likeness (QED) is 0.799. The van der Waals surface area contributed by atoms with Gasteiger partial charge in [0.05, 0.1) is 5.56 Å². The van der Waals surface area contributed by atoms with Crippen molar-refractivity contribution >= 4 is 11.4 Å². The Morgan fingerprint density at radius 3 is 2.19 bits per heavy atom. The van der Waals surface area contributed by atoms with Crippen LogP contribution in [0.5, 0.6) is 0 Å². The van der Waals surface area contributed by atoms with E-state index in [-0.39, 0.29) is 11.1 Å². The van der Waals surface area contributed by atoms with E-state index < -0.39 is 11.7 Å². The van der Waals surface area contributed by atoms with E-state index in [2.05, 4.69) is 13.8 Å². The van der Waals surface area contributed by atoms with Gasteiger partial charge in [0.2, 0.25) is 0 Å². The maximum absolute atomic E-state index is 12.9. The molecule has 1 aliphatic heterocycles. The monoisotopic (exact) mass is 300 g/mol. The van der Waals surface area contributed by atoms with Gasteiger partial charge in [-0.15, -0.1) is 0 Å². The van der Waals surface area contributed by atoms with E-state index in [9.17, 15) is 13.2 Å². The zero-order valence-corrected chi connectivity index (χ0v) is 12.6. The van der Waals surface area contributed by atoms with E-state index in [1.54, 1.807) is 6.07 Å². The van der Waals surface area contributed by atoms with E-state index in [0.29, 0.717) is 5.69 Å². The smallest absolute Gasteiger partial charge is 0.398 e. The number of rotatable bonds is 5. The second-order valence-electron chi connectivity index (χ2n) is 6.13. The van der Waals surface area contributed by atoms with E-state index in [0.717, 1.165) is 38.8 Å². The van der Waals surface area contributed by atoms with Gasteiger partial charge in [-0.05, 0) is 31.0 Å². The molecule has 1 aromatic carbocycles. The number of alkyl halides is 3. The molecule has 0 spiro atoms. The molecule has 0 unspecified atom stereocenters. The van der Waals surface area contributed by atoms with Crippen LogP contribution >= 0.6 is 0 Å². The Labute approximate surface area is 124 Å². The van der Waals surface area contributed by atoms with Crippen LogP contribution in [-0.2, 0) is 6.18 Å². The van der Waals surface area contributed by atoms with Crippen molar-refractivity contribution in [3.05, 3.63) is 23.8 Å². The zero-order valence-electron chi connectivity index (χ0n) is 12.6. The number of benzene rings is 1. The second kappa shape index (κ2) is 5.78. The summed E-state index contributed by atoms with van der Waals surface area (Å²) in [5, 5.41) is 0. The third kappa shape index (κ3) is 3.27. The fourth-order valence-electron chi connectivity index (χ4n) is 3.43. The highest BCUT2D eigenvalue weighted by atomic mass is 19.4. The Morgan fingerprint density at radius 2 is 1.71 bits per heavy atom. The lowest BCUT2D eigenvalue weighted by atomic mass is 9.72. The highest BCUT2D eigenvalue weighted by molar-refractivity contribution is 5.61. The fourth-order valence-corrected chi connectivity index (χ4v) is 3.43. The molecule has 5 heteroatoms. The predicted molar refractivity (Wildman–Crippen MR) is 80.3 cm³/mol. The standard InChI is InChI=1S/C16H23F3N2/c1-3-7-15(8-4-2)10-21(11-15)12-5-6-14(20)13(9-12)16(17,18)19/h5-6,9H,3-4,7-8,10-11,20H2,1-2H3. The van der Waals surface area contributed by atoms with Gasteiger partial charge in [-0.25, -0.2) is 0 Å². The molecule has 1 heterocycles. The Balaban J connectivity index is 2.15. The van der Waals surface area contributed by atoms with Crippen molar-refractivity contribution in [2.45, 2.75) is 45.7 Å². The summed E-state index contributed by atoms with van der Waals surface area (Å²) in [6, 6.07) is 4.22. The highest BCUT2D eigenvalue weighted by Crippen LogP contribution is 2.43. The fraction of sp³-hybridized carbons (Fsp3) is 0.625. The first-order valence-corrected chi connectivity index (χ1v) is 7.53. The molecule has 2 nitrogen and oxygen atoms in total. The summed E-state index contributed by atoms with van der Waals surface area (Å²) in [6.45, 7) is 6.00. The van der Waals surface area contributed by atoms with Crippen LogP contribution in [-0.4, -0.2) is 13.1 Å². The average molecular weight is 300 g/mol. The van der Waals surface area contributed by atoms with E-state index in [1.807, 2.05) is 4.90 Å². The second-order valence-corrected chi connectivity index (χ2v) is 6.13. The maximum Gasteiger partial charge on any atom is 0.418 e. The molecule has 118 valence electrons. The molecule has 0 atom stereocenters. The molecule has 1 aliphatic rings. The molecule has 0 amide bonds. The van der Waals surface area contributed by atoms with Gasteiger partial charge in [0.15, 0.2) is 0 Å². The van der Waals surface area contributed by atoms with Crippen LogP contribution in [0.2, 0.25) is 0 Å². The Bertz CT molecular complexity index is 483. The average Bonchev–Trinajstić information content (AvgIpc) is 2.35. The summed E-state index contributed by atoms with van der Waals surface area (Å²) in [5.74, 6) is 0. The van der Waals surface area contributed by atoms with Gasteiger partial charge < -0.3 is 10.6 Å². The third-order valence-electron chi connectivity index (χ3n) is 4.32. The number of hydrogen-bond acceptors (Lipinski definition) is 2. The summed E-state index contributed by atoms with van der Waals surface area (Å²) < 4.78 is 38.7. The molecule has 21 heavy (non-hydrogen) atoms. The minimum Gasteiger partial charge on any atom is -0.398 e. The zero-order chi connectivity index (χ0) is 15.7. The molecular formula is C16H23F3N2. The summed E-state index contributed by atoms with van der Waals surface area (Å²) in [4.78, 5) is 2.03. The molecule has 0 radical (unpaired) electrons. The number of nitrogens with two attached hydrogens (primary N) is 1.